The van der Waals surface area contributed by atoms with E-state index in [-0.39, 0.29) is 35.9 Å². The van der Waals surface area contributed by atoms with Crippen molar-refractivity contribution in [2.75, 3.05) is 20.6 Å². The van der Waals surface area contributed by atoms with Crippen molar-refractivity contribution < 1.29 is 25.3 Å². The van der Waals surface area contributed by atoms with E-state index < -0.39 is 18.2 Å². The molecule has 0 heterocycles. The number of aliphatic hydroxyl groups excluding tert-OH is 2. The third-order valence-corrected chi connectivity index (χ3v) is 6.82. The Hall–Kier alpha value is -3.08. The number of carbonyl (C=O) groups excluding carboxylic acids is 2. The Morgan fingerprint density at radius 3 is 1.72 bits per heavy atom. The summed E-state index contributed by atoms with van der Waals surface area (Å²) >= 11 is 0. The second kappa shape index (κ2) is 19.1. The maximum atomic E-state index is 12.4. The van der Waals surface area contributed by atoms with Gasteiger partial charge in [-0.3, -0.25) is 9.59 Å². The number of hydrogen-bond donors (Lipinski definition) is 4. The molecule has 0 bridgehead atoms. The van der Waals surface area contributed by atoms with Crippen molar-refractivity contribution in [1.29, 1.82) is 0 Å². The highest BCUT2D eigenvalue weighted by Crippen LogP contribution is 2.21. The zero-order valence-electron chi connectivity index (χ0n) is 23.7. The molecule has 39 heavy (non-hydrogen) atoms. The lowest BCUT2D eigenvalue weighted by Gasteiger charge is -2.31. The van der Waals surface area contributed by atoms with Gasteiger partial charge in [0.05, 0.1) is 36.9 Å². The molecule has 8 N–H and O–H groups in total. The molecule has 218 valence electrons. The molecule has 0 aliphatic heterocycles. The number of aliphatic hydroxyl groups is 2. The van der Waals surface area contributed by atoms with Crippen LogP contribution in [0.25, 0.3) is 0 Å². The summed E-state index contributed by atoms with van der Waals surface area (Å²) in [6.45, 7) is 7.27. The molecular formula is C30H48N4O5. The van der Waals surface area contributed by atoms with Gasteiger partial charge in [0.1, 0.15) is 0 Å². The van der Waals surface area contributed by atoms with E-state index in [0.717, 1.165) is 30.4 Å². The summed E-state index contributed by atoms with van der Waals surface area (Å²) < 4.78 is 0. The number of rotatable bonds is 13. The van der Waals surface area contributed by atoms with E-state index >= 15 is 0 Å². The fraction of sp³-hybridized carbons (Fsp3) is 0.467. The molecule has 0 aliphatic rings. The third kappa shape index (κ3) is 11.7. The normalized spacial score (nSPS) is 14.3. The minimum atomic E-state index is -0.719. The highest BCUT2D eigenvalue weighted by Gasteiger charge is 2.27. The van der Waals surface area contributed by atoms with E-state index in [9.17, 15) is 19.8 Å². The molecule has 0 unspecified atom stereocenters. The number of benzene rings is 2. The van der Waals surface area contributed by atoms with Gasteiger partial charge in [0.2, 0.25) is 11.8 Å². The van der Waals surface area contributed by atoms with Gasteiger partial charge in [0.15, 0.2) is 0 Å². The number of likely N-dealkylation sites (N-methyl/N-ethyl adjacent to an activating group) is 2. The second-order valence-electron chi connectivity index (χ2n) is 9.53. The number of hydrogen-bond acceptors (Lipinski definition) is 6. The molecule has 0 aromatic heterocycles. The first-order chi connectivity index (χ1) is 18.1. The molecule has 2 aromatic carbocycles. The van der Waals surface area contributed by atoms with Crippen LogP contribution in [-0.4, -0.2) is 76.1 Å². The van der Waals surface area contributed by atoms with Crippen LogP contribution in [0.3, 0.4) is 0 Å². The predicted octanol–water partition coefficient (Wildman–Crippen LogP) is 2.34. The Morgan fingerprint density at radius 2 is 1.31 bits per heavy atom. The van der Waals surface area contributed by atoms with Gasteiger partial charge in [0.25, 0.3) is 0 Å². The van der Waals surface area contributed by atoms with Crippen LogP contribution in [0.5, 0.6) is 0 Å². The molecule has 2 rings (SSSR count). The average Bonchev–Trinajstić information content (AvgIpc) is 2.97. The predicted molar refractivity (Wildman–Crippen MR) is 157 cm³/mol. The van der Waals surface area contributed by atoms with Crippen molar-refractivity contribution in [3.63, 3.8) is 0 Å². The van der Waals surface area contributed by atoms with Crippen LogP contribution in [0.2, 0.25) is 0 Å². The highest BCUT2D eigenvalue weighted by molar-refractivity contribution is 5.81. The van der Waals surface area contributed by atoms with Crippen LogP contribution < -0.4 is 11.5 Å². The first kappa shape index (κ1) is 35.9. The highest BCUT2D eigenvalue weighted by atomic mass is 16.3. The largest absolute Gasteiger partial charge is 0.412 e. The summed E-state index contributed by atoms with van der Waals surface area (Å²) in [5, 5.41) is 20.5. The van der Waals surface area contributed by atoms with Gasteiger partial charge in [0, 0.05) is 14.1 Å². The van der Waals surface area contributed by atoms with Crippen LogP contribution in [-0.2, 0) is 9.59 Å². The Morgan fingerprint density at radius 1 is 0.872 bits per heavy atom. The average molecular weight is 545 g/mol. The van der Waals surface area contributed by atoms with Gasteiger partial charge in [-0.25, -0.2) is 0 Å². The monoisotopic (exact) mass is 544 g/mol. The van der Waals surface area contributed by atoms with Gasteiger partial charge in [-0.1, -0.05) is 73.2 Å². The van der Waals surface area contributed by atoms with E-state index in [1.807, 2.05) is 73.7 Å². The number of carbonyl (C=O) groups is 2. The van der Waals surface area contributed by atoms with Crippen molar-refractivity contribution in [3.05, 3.63) is 84.4 Å². The van der Waals surface area contributed by atoms with Crippen LogP contribution >= 0.6 is 0 Å². The molecule has 0 aliphatic carbocycles. The van der Waals surface area contributed by atoms with E-state index in [0.29, 0.717) is 6.42 Å². The van der Waals surface area contributed by atoms with Crippen molar-refractivity contribution in [2.45, 2.75) is 69.9 Å². The molecule has 2 aromatic rings. The third-order valence-electron chi connectivity index (χ3n) is 6.82. The summed E-state index contributed by atoms with van der Waals surface area (Å²) in [4.78, 5) is 26.8. The molecule has 2 amide bonds. The maximum absolute atomic E-state index is 12.4. The van der Waals surface area contributed by atoms with Gasteiger partial charge in [-0.15, -0.1) is 6.58 Å². The first-order valence-electron chi connectivity index (χ1n) is 13.1. The molecule has 0 saturated heterocycles. The Kier molecular flexibility index (Phi) is 17.5. The van der Waals surface area contributed by atoms with Crippen LogP contribution in [0.4, 0.5) is 0 Å². The number of nitrogens with two attached hydrogens (primary N) is 2. The lowest BCUT2D eigenvalue weighted by molar-refractivity contribution is -0.135. The SMILES string of the molecule is C=CCCCC[C@H](N)C(=O)N(C)[C@H](C)[C@H](O)c1ccccc1.C[C@H]([C@H](O)c1ccccc1)N(C)C(=O)CN.O. The van der Waals surface area contributed by atoms with Crippen molar-refractivity contribution in [2.24, 2.45) is 11.5 Å². The topological polar surface area (TPSA) is 165 Å². The van der Waals surface area contributed by atoms with Crippen LogP contribution in [0.1, 0.15) is 62.9 Å². The number of nitrogens with zero attached hydrogens (tertiary/aromatic N) is 2. The minimum Gasteiger partial charge on any atom is -0.412 e. The van der Waals surface area contributed by atoms with E-state index in [1.165, 1.54) is 4.90 Å². The molecule has 0 saturated carbocycles. The van der Waals surface area contributed by atoms with E-state index in [4.69, 9.17) is 11.5 Å². The summed E-state index contributed by atoms with van der Waals surface area (Å²) in [6, 6.07) is 17.5. The van der Waals surface area contributed by atoms with E-state index in [1.54, 1.807) is 25.9 Å². The lowest BCUT2D eigenvalue weighted by atomic mass is 10.0. The summed E-state index contributed by atoms with van der Waals surface area (Å²) in [7, 11) is 3.34. The second-order valence-corrected chi connectivity index (χ2v) is 9.53. The van der Waals surface area contributed by atoms with Gasteiger partial charge >= 0.3 is 0 Å². The number of amides is 2. The lowest BCUT2D eigenvalue weighted by Crippen LogP contribution is -2.47. The summed E-state index contributed by atoms with van der Waals surface area (Å²) in [5.74, 6) is -0.302. The quantitative estimate of drug-likeness (QED) is 0.223. The number of unbranched alkanes of at least 4 members (excludes halogenated alkanes) is 2. The Balaban J connectivity index is 0.000000756. The fourth-order valence-corrected chi connectivity index (χ4v) is 3.89. The summed E-state index contributed by atoms with van der Waals surface area (Å²) in [5.41, 5.74) is 12.9. The standard InChI is InChI=1S/C18H28N2O2.C12H18N2O2.H2O/c1-4-5-6-10-13-16(19)18(22)20(3)14(2)17(21)15-11-8-7-9-12-15;1-9(14(2)11(15)8-13)12(16)10-6-4-3-5-7-10;/h4,7-9,11-12,14,16-17,21H,1,5-6,10,13,19H2,2-3H3;3-7,9,12,16H,8,13H2,1-2H3;1H2/t14-,16+,17+;9-,12+;/m11./s1. The van der Waals surface area contributed by atoms with Gasteiger partial charge in [-0.05, 0) is 44.2 Å². The molecule has 5 atom stereocenters. The van der Waals surface area contributed by atoms with Gasteiger partial charge in [-0.2, -0.15) is 0 Å². The Bertz CT molecular complexity index is 960. The number of allylic oxidation sites excluding steroid dienone is 1. The zero-order chi connectivity index (χ0) is 28.7. The first-order valence-corrected chi connectivity index (χ1v) is 13.1. The van der Waals surface area contributed by atoms with Crippen molar-refractivity contribution >= 4 is 11.8 Å². The zero-order valence-corrected chi connectivity index (χ0v) is 23.7. The van der Waals surface area contributed by atoms with Gasteiger partial charge < -0.3 is 37.0 Å². The van der Waals surface area contributed by atoms with Crippen molar-refractivity contribution in [3.8, 4) is 0 Å². The minimum absolute atomic E-state index is 0. The Labute approximate surface area is 233 Å². The molecule has 0 radical (unpaired) electrons. The summed E-state index contributed by atoms with van der Waals surface area (Å²) in [6.07, 6.45) is 3.96. The maximum Gasteiger partial charge on any atom is 0.239 e. The molecule has 0 spiro atoms. The molecule has 9 heteroatoms. The molecular weight excluding hydrogens is 496 g/mol. The van der Waals surface area contributed by atoms with Crippen molar-refractivity contribution in [1.82, 2.24) is 9.80 Å². The smallest absolute Gasteiger partial charge is 0.239 e. The molecule has 9 nitrogen and oxygen atoms in total. The van der Waals surface area contributed by atoms with E-state index in [2.05, 4.69) is 6.58 Å². The fourth-order valence-electron chi connectivity index (χ4n) is 3.89. The van der Waals surface area contributed by atoms with Crippen LogP contribution in [0, 0.1) is 0 Å². The molecule has 0 fully saturated rings. The van der Waals surface area contributed by atoms with Crippen LogP contribution in [0.15, 0.2) is 73.3 Å².